The lowest BCUT2D eigenvalue weighted by Gasteiger charge is -2.34. The fourth-order valence-corrected chi connectivity index (χ4v) is 3.13. The summed E-state index contributed by atoms with van der Waals surface area (Å²) in [5, 5.41) is 0. The van der Waals surface area contributed by atoms with Crippen LogP contribution in [0.25, 0.3) is 0 Å². The summed E-state index contributed by atoms with van der Waals surface area (Å²) in [5.41, 5.74) is 3.27. The van der Waals surface area contributed by atoms with E-state index in [2.05, 4.69) is 62.6 Å². The highest BCUT2D eigenvalue weighted by atomic mass is 32.1. The Morgan fingerprint density at radius 2 is 2.00 bits per heavy atom. The average molecular weight is 249 g/mol. The van der Waals surface area contributed by atoms with Crippen molar-refractivity contribution in [3.8, 4) is 0 Å². The fraction of sp³-hybridized carbons (Fsp3) is 0.600. The van der Waals surface area contributed by atoms with Crippen molar-refractivity contribution < 1.29 is 0 Å². The standard InChI is InChI=1S/C15H23NS/c1-15(2,3)13(11-17)10-16-9-8-12-6-4-5-7-14(12)16/h4-7,13,17H,8-11H2,1-3H3. The molecule has 1 unspecified atom stereocenters. The van der Waals surface area contributed by atoms with E-state index in [1.807, 2.05) is 0 Å². The number of rotatable bonds is 3. The Labute approximate surface area is 111 Å². The molecule has 0 radical (unpaired) electrons. The molecule has 1 aromatic carbocycles. The van der Waals surface area contributed by atoms with Gasteiger partial charge in [0.2, 0.25) is 0 Å². The number of thiol groups is 1. The average Bonchev–Trinajstić information content (AvgIpc) is 2.67. The summed E-state index contributed by atoms with van der Waals surface area (Å²) >= 11 is 4.53. The molecule has 0 saturated heterocycles. The first-order valence-electron chi connectivity index (χ1n) is 6.46. The number of hydrogen-bond acceptors (Lipinski definition) is 2. The van der Waals surface area contributed by atoms with Crippen LogP contribution >= 0.6 is 12.6 Å². The molecular formula is C15H23NS. The SMILES string of the molecule is CC(C)(C)C(CS)CN1CCc2ccccc21. The number of benzene rings is 1. The van der Waals surface area contributed by atoms with Gasteiger partial charge in [-0.3, -0.25) is 0 Å². The first-order chi connectivity index (χ1) is 8.02. The van der Waals surface area contributed by atoms with Gasteiger partial charge in [-0.1, -0.05) is 39.0 Å². The van der Waals surface area contributed by atoms with E-state index < -0.39 is 0 Å². The van der Waals surface area contributed by atoms with Crippen LogP contribution < -0.4 is 4.90 Å². The van der Waals surface area contributed by atoms with Crippen LogP contribution in [0, 0.1) is 11.3 Å². The Kier molecular flexibility index (Phi) is 3.72. The number of anilines is 1. The zero-order valence-electron chi connectivity index (χ0n) is 11.1. The molecule has 2 rings (SSSR count). The molecule has 0 fully saturated rings. The van der Waals surface area contributed by atoms with Gasteiger partial charge < -0.3 is 4.90 Å². The Bertz CT molecular complexity index is 381. The van der Waals surface area contributed by atoms with E-state index in [1.54, 1.807) is 0 Å². The highest BCUT2D eigenvalue weighted by molar-refractivity contribution is 7.80. The lowest BCUT2D eigenvalue weighted by molar-refractivity contribution is 0.270. The summed E-state index contributed by atoms with van der Waals surface area (Å²) in [6.45, 7) is 9.24. The fourth-order valence-electron chi connectivity index (χ4n) is 2.47. The molecule has 2 heteroatoms. The first-order valence-corrected chi connectivity index (χ1v) is 7.09. The Morgan fingerprint density at radius 3 is 2.65 bits per heavy atom. The second-order valence-corrected chi connectivity index (χ2v) is 6.44. The van der Waals surface area contributed by atoms with Gasteiger partial charge in [0.05, 0.1) is 0 Å². The maximum Gasteiger partial charge on any atom is 0.0399 e. The molecule has 0 aliphatic carbocycles. The topological polar surface area (TPSA) is 3.24 Å². The molecular weight excluding hydrogens is 226 g/mol. The zero-order valence-corrected chi connectivity index (χ0v) is 12.0. The predicted octanol–water partition coefficient (Wildman–Crippen LogP) is 3.64. The third kappa shape index (κ3) is 2.79. The van der Waals surface area contributed by atoms with Crippen LogP contribution in [0.4, 0.5) is 5.69 Å². The highest BCUT2D eigenvalue weighted by Crippen LogP contribution is 2.33. The highest BCUT2D eigenvalue weighted by Gasteiger charge is 2.28. The molecule has 0 saturated carbocycles. The van der Waals surface area contributed by atoms with Crippen LogP contribution in [-0.2, 0) is 6.42 Å². The van der Waals surface area contributed by atoms with Crippen molar-refractivity contribution in [2.24, 2.45) is 11.3 Å². The van der Waals surface area contributed by atoms with Crippen molar-refractivity contribution in [1.82, 2.24) is 0 Å². The second-order valence-electron chi connectivity index (χ2n) is 6.07. The molecule has 94 valence electrons. The van der Waals surface area contributed by atoms with Crippen LogP contribution in [0.2, 0.25) is 0 Å². The normalized spacial score (nSPS) is 17.1. The van der Waals surface area contributed by atoms with E-state index in [0.29, 0.717) is 11.3 Å². The molecule has 0 aromatic heterocycles. The molecule has 0 N–H and O–H groups in total. The summed E-state index contributed by atoms with van der Waals surface area (Å²) in [5.74, 6) is 1.60. The van der Waals surface area contributed by atoms with E-state index in [-0.39, 0.29) is 0 Å². The summed E-state index contributed by atoms with van der Waals surface area (Å²) in [7, 11) is 0. The van der Waals surface area contributed by atoms with Crippen LogP contribution in [0.3, 0.4) is 0 Å². The van der Waals surface area contributed by atoms with Crippen LogP contribution in [0.5, 0.6) is 0 Å². The molecule has 0 spiro atoms. The van der Waals surface area contributed by atoms with Gasteiger partial charge in [-0.25, -0.2) is 0 Å². The maximum atomic E-state index is 4.53. The third-order valence-corrected chi connectivity index (χ3v) is 4.31. The molecule has 1 aromatic rings. The minimum absolute atomic E-state index is 0.333. The second kappa shape index (κ2) is 4.93. The van der Waals surface area contributed by atoms with E-state index in [1.165, 1.54) is 24.2 Å². The molecule has 1 atom stereocenters. The minimum atomic E-state index is 0.333. The zero-order chi connectivity index (χ0) is 12.5. The number of nitrogens with zero attached hydrogens (tertiary/aromatic N) is 1. The van der Waals surface area contributed by atoms with Crippen LogP contribution in [0.1, 0.15) is 26.3 Å². The molecule has 0 amide bonds. The molecule has 17 heavy (non-hydrogen) atoms. The van der Waals surface area contributed by atoms with Gasteiger partial charge in [-0.15, -0.1) is 0 Å². The van der Waals surface area contributed by atoms with Crippen LogP contribution in [0.15, 0.2) is 24.3 Å². The van der Waals surface area contributed by atoms with Gasteiger partial charge in [0.1, 0.15) is 0 Å². The van der Waals surface area contributed by atoms with Crippen LogP contribution in [-0.4, -0.2) is 18.8 Å². The molecule has 1 aliphatic rings. The van der Waals surface area contributed by atoms with Gasteiger partial charge in [-0.05, 0) is 35.1 Å². The first kappa shape index (κ1) is 12.8. The molecule has 1 heterocycles. The summed E-state index contributed by atoms with van der Waals surface area (Å²) in [6, 6.07) is 8.79. The molecule has 1 aliphatic heterocycles. The molecule has 1 nitrogen and oxygen atoms in total. The summed E-state index contributed by atoms with van der Waals surface area (Å²) in [4.78, 5) is 2.53. The Balaban J connectivity index is 2.11. The number of hydrogen-bond donors (Lipinski definition) is 1. The van der Waals surface area contributed by atoms with Crippen molar-refractivity contribution >= 4 is 18.3 Å². The van der Waals surface area contributed by atoms with Crippen molar-refractivity contribution in [1.29, 1.82) is 0 Å². The van der Waals surface area contributed by atoms with E-state index in [0.717, 1.165) is 12.3 Å². The van der Waals surface area contributed by atoms with Gasteiger partial charge >= 0.3 is 0 Å². The largest absolute Gasteiger partial charge is 0.371 e. The number of para-hydroxylation sites is 1. The van der Waals surface area contributed by atoms with Crippen molar-refractivity contribution in [3.63, 3.8) is 0 Å². The monoisotopic (exact) mass is 249 g/mol. The van der Waals surface area contributed by atoms with E-state index in [4.69, 9.17) is 0 Å². The molecule has 0 bridgehead atoms. The summed E-state index contributed by atoms with van der Waals surface area (Å²) in [6.07, 6.45) is 1.19. The third-order valence-electron chi connectivity index (χ3n) is 3.87. The predicted molar refractivity (Wildman–Crippen MR) is 79.2 cm³/mol. The van der Waals surface area contributed by atoms with Crippen molar-refractivity contribution in [2.45, 2.75) is 27.2 Å². The minimum Gasteiger partial charge on any atom is -0.371 e. The Morgan fingerprint density at radius 1 is 1.29 bits per heavy atom. The van der Waals surface area contributed by atoms with Crippen molar-refractivity contribution in [3.05, 3.63) is 29.8 Å². The van der Waals surface area contributed by atoms with E-state index >= 15 is 0 Å². The number of fused-ring (bicyclic) bond motifs is 1. The lowest BCUT2D eigenvalue weighted by Crippen LogP contribution is -2.35. The van der Waals surface area contributed by atoms with Gasteiger partial charge in [0.15, 0.2) is 0 Å². The maximum absolute atomic E-state index is 4.53. The van der Waals surface area contributed by atoms with E-state index in [9.17, 15) is 0 Å². The van der Waals surface area contributed by atoms with Gasteiger partial charge in [0.25, 0.3) is 0 Å². The lowest BCUT2D eigenvalue weighted by atomic mass is 9.81. The smallest absolute Gasteiger partial charge is 0.0399 e. The van der Waals surface area contributed by atoms with Crippen molar-refractivity contribution in [2.75, 3.05) is 23.7 Å². The quantitative estimate of drug-likeness (QED) is 0.800. The van der Waals surface area contributed by atoms with Gasteiger partial charge in [-0.2, -0.15) is 12.6 Å². The summed E-state index contributed by atoms with van der Waals surface area (Å²) < 4.78 is 0. The Hall–Kier alpha value is -0.630. The van der Waals surface area contributed by atoms with Gasteiger partial charge in [0, 0.05) is 18.8 Å².